The third-order valence-corrected chi connectivity index (χ3v) is 3.58. The summed E-state index contributed by atoms with van der Waals surface area (Å²) in [4.78, 5) is 3.84. The lowest BCUT2D eigenvalue weighted by molar-refractivity contribution is 0.582. The van der Waals surface area contributed by atoms with Crippen molar-refractivity contribution in [2.24, 2.45) is 0 Å². The molecule has 14 heavy (non-hydrogen) atoms. The molecular weight excluding hydrogens is 226 g/mol. The minimum atomic E-state index is -3.47. The first-order valence-corrected chi connectivity index (χ1v) is 6.12. The first kappa shape index (κ1) is 11.3. The Kier molecular flexibility index (Phi) is 3.38. The van der Waals surface area contributed by atoms with Gasteiger partial charge >= 0.3 is 0 Å². The highest BCUT2D eigenvalue weighted by Gasteiger charge is 2.18. The Hall–Kier alpha value is -0.750. The van der Waals surface area contributed by atoms with Crippen LogP contribution in [0.15, 0.2) is 5.16 Å². The van der Waals surface area contributed by atoms with Gasteiger partial charge in [0.15, 0.2) is 0 Å². The van der Waals surface area contributed by atoms with Gasteiger partial charge in [-0.3, -0.25) is 0 Å². The van der Waals surface area contributed by atoms with Gasteiger partial charge in [-0.05, 0) is 13.8 Å². The van der Waals surface area contributed by atoms with E-state index in [0.717, 1.165) is 0 Å². The van der Waals surface area contributed by atoms with E-state index in [9.17, 15) is 8.42 Å². The summed E-state index contributed by atoms with van der Waals surface area (Å²) in [6.45, 7) is 3.40. The van der Waals surface area contributed by atoms with Crippen molar-refractivity contribution in [1.82, 2.24) is 15.2 Å². The average Bonchev–Trinajstić information content (AvgIpc) is 2.09. The molecule has 1 aromatic heterocycles. The zero-order chi connectivity index (χ0) is 10.8. The van der Waals surface area contributed by atoms with Crippen molar-refractivity contribution in [2.75, 3.05) is 11.6 Å². The van der Waals surface area contributed by atoms with Gasteiger partial charge in [0, 0.05) is 5.88 Å². The first-order valence-electron chi connectivity index (χ1n) is 3.94. The van der Waals surface area contributed by atoms with Gasteiger partial charge < -0.3 is 0 Å². The summed E-state index contributed by atoms with van der Waals surface area (Å²) in [5.41, 5.74) is 1.18. The molecule has 0 aliphatic rings. The predicted molar refractivity (Wildman–Crippen MR) is 52.1 cm³/mol. The largest absolute Gasteiger partial charge is 0.267 e. The molecule has 0 aliphatic heterocycles. The molecule has 0 N–H and O–H groups in total. The molecule has 5 nitrogen and oxygen atoms in total. The highest BCUT2D eigenvalue weighted by molar-refractivity contribution is 7.91. The Bertz CT molecular complexity index is 433. The number of halogens is 1. The molecule has 1 heterocycles. The van der Waals surface area contributed by atoms with E-state index in [1.807, 2.05) is 0 Å². The molecule has 0 saturated carbocycles. The highest BCUT2D eigenvalue weighted by atomic mass is 35.5. The number of rotatable bonds is 3. The third-order valence-electron chi connectivity index (χ3n) is 1.70. The van der Waals surface area contributed by atoms with Crippen LogP contribution >= 0.6 is 11.6 Å². The van der Waals surface area contributed by atoms with E-state index in [1.165, 1.54) is 0 Å². The molecule has 0 aliphatic carbocycles. The molecule has 0 amide bonds. The number of nitrogens with zero attached hydrogens (tertiary/aromatic N) is 3. The van der Waals surface area contributed by atoms with Crippen LogP contribution in [0.3, 0.4) is 0 Å². The smallest absolute Gasteiger partial charge is 0.220 e. The van der Waals surface area contributed by atoms with Crippen LogP contribution in [0.1, 0.15) is 11.4 Å². The molecule has 0 spiro atoms. The van der Waals surface area contributed by atoms with Crippen molar-refractivity contribution in [3.05, 3.63) is 11.4 Å². The molecule has 0 radical (unpaired) electrons. The van der Waals surface area contributed by atoms with Gasteiger partial charge in [-0.25, -0.2) is 13.4 Å². The van der Waals surface area contributed by atoms with Crippen molar-refractivity contribution in [3.8, 4) is 0 Å². The van der Waals surface area contributed by atoms with Gasteiger partial charge in [0.1, 0.15) is 0 Å². The zero-order valence-corrected chi connectivity index (χ0v) is 9.43. The third kappa shape index (κ3) is 2.39. The van der Waals surface area contributed by atoms with Gasteiger partial charge in [-0.2, -0.15) is 5.10 Å². The Labute approximate surface area is 87.4 Å². The Morgan fingerprint density at radius 2 is 1.86 bits per heavy atom. The summed E-state index contributed by atoms with van der Waals surface area (Å²) in [5.74, 6) is -0.142. The second kappa shape index (κ2) is 4.18. The maximum Gasteiger partial charge on any atom is 0.267 e. The zero-order valence-electron chi connectivity index (χ0n) is 7.86. The maximum atomic E-state index is 11.4. The molecule has 0 saturated heterocycles. The SMILES string of the molecule is Cc1nnc(S(=O)(=O)CCCl)nc1C. The van der Waals surface area contributed by atoms with Crippen LogP contribution in [0.4, 0.5) is 0 Å². The minimum absolute atomic E-state index is 0.0264. The number of aryl methyl sites for hydroxylation is 2. The normalized spacial score (nSPS) is 11.6. The molecule has 78 valence electrons. The second-order valence-electron chi connectivity index (χ2n) is 2.77. The van der Waals surface area contributed by atoms with Crippen LogP contribution < -0.4 is 0 Å². The van der Waals surface area contributed by atoms with Crippen LogP contribution in [-0.2, 0) is 9.84 Å². The van der Waals surface area contributed by atoms with E-state index in [2.05, 4.69) is 15.2 Å². The van der Waals surface area contributed by atoms with E-state index >= 15 is 0 Å². The fourth-order valence-electron chi connectivity index (χ4n) is 0.761. The number of aromatic nitrogens is 3. The maximum absolute atomic E-state index is 11.4. The van der Waals surface area contributed by atoms with E-state index in [4.69, 9.17) is 11.6 Å². The fraction of sp³-hybridized carbons (Fsp3) is 0.571. The van der Waals surface area contributed by atoms with E-state index in [1.54, 1.807) is 13.8 Å². The number of hydrogen-bond donors (Lipinski definition) is 0. The van der Waals surface area contributed by atoms with E-state index in [-0.39, 0.29) is 16.8 Å². The lowest BCUT2D eigenvalue weighted by Gasteiger charge is -2.01. The molecule has 0 unspecified atom stereocenters. The van der Waals surface area contributed by atoms with Crippen molar-refractivity contribution in [2.45, 2.75) is 19.0 Å². The summed E-state index contributed by atoms with van der Waals surface area (Å²) < 4.78 is 22.9. The average molecular weight is 236 g/mol. The molecule has 0 fully saturated rings. The molecule has 0 aromatic carbocycles. The van der Waals surface area contributed by atoms with Crippen LogP contribution in [-0.4, -0.2) is 35.2 Å². The van der Waals surface area contributed by atoms with Crippen molar-refractivity contribution < 1.29 is 8.42 Å². The molecular formula is C7H10ClN3O2S. The topological polar surface area (TPSA) is 72.8 Å². The van der Waals surface area contributed by atoms with Crippen LogP contribution in [0.2, 0.25) is 0 Å². The molecule has 7 heteroatoms. The van der Waals surface area contributed by atoms with Crippen molar-refractivity contribution in [3.63, 3.8) is 0 Å². The lowest BCUT2D eigenvalue weighted by Crippen LogP contribution is -2.14. The monoisotopic (exact) mass is 235 g/mol. The molecule has 0 bridgehead atoms. The second-order valence-corrected chi connectivity index (χ2v) is 5.15. The van der Waals surface area contributed by atoms with Crippen molar-refractivity contribution in [1.29, 1.82) is 0 Å². The Balaban J connectivity index is 3.15. The highest BCUT2D eigenvalue weighted by Crippen LogP contribution is 2.06. The van der Waals surface area contributed by atoms with E-state index < -0.39 is 9.84 Å². The van der Waals surface area contributed by atoms with E-state index in [0.29, 0.717) is 11.4 Å². The van der Waals surface area contributed by atoms with Crippen molar-refractivity contribution >= 4 is 21.4 Å². The summed E-state index contributed by atoms with van der Waals surface area (Å²) in [6.07, 6.45) is 0. The Morgan fingerprint density at radius 3 is 2.36 bits per heavy atom. The summed E-state index contributed by atoms with van der Waals surface area (Å²) in [6, 6.07) is 0. The van der Waals surface area contributed by atoms with Crippen LogP contribution in [0, 0.1) is 13.8 Å². The fourth-order valence-corrected chi connectivity index (χ4v) is 2.20. The summed E-state index contributed by atoms with van der Waals surface area (Å²) in [5, 5.41) is 6.97. The predicted octanol–water partition coefficient (Wildman–Crippen LogP) is 0.501. The van der Waals surface area contributed by atoms with Crippen LogP contribution in [0.25, 0.3) is 0 Å². The summed E-state index contributed by atoms with van der Waals surface area (Å²) in [7, 11) is -3.47. The van der Waals surface area contributed by atoms with Gasteiger partial charge in [0.05, 0.1) is 17.1 Å². The van der Waals surface area contributed by atoms with Gasteiger partial charge in [-0.1, -0.05) is 0 Å². The number of alkyl halides is 1. The Morgan fingerprint density at radius 1 is 1.21 bits per heavy atom. The molecule has 0 atom stereocenters. The standard InChI is InChI=1S/C7H10ClN3O2S/c1-5-6(2)10-11-7(9-5)14(12,13)4-3-8/h3-4H2,1-2H3. The van der Waals surface area contributed by atoms with Gasteiger partial charge in [0.25, 0.3) is 5.16 Å². The molecule has 1 rings (SSSR count). The van der Waals surface area contributed by atoms with Crippen LogP contribution in [0.5, 0.6) is 0 Å². The molecule has 1 aromatic rings. The number of hydrogen-bond acceptors (Lipinski definition) is 5. The summed E-state index contributed by atoms with van der Waals surface area (Å²) >= 11 is 5.35. The number of sulfone groups is 1. The lowest BCUT2D eigenvalue weighted by atomic mass is 10.4. The minimum Gasteiger partial charge on any atom is -0.220 e. The first-order chi connectivity index (χ1) is 6.47. The van der Waals surface area contributed by atoms with Gasteiger partial charge in [-0.15, -0.1) is 16.7 Å². The quantitative estimate of drug-likeness (QED) is 0.714. The van der Waals surface area contributed by atoms with Gasteiger partial charge in [0.2, 0.25) is 9.84 Å².